The zero-order valence-electron chi connectivity index (χ0n) is 19.5. The number of hydrogen-bond acceptors (Lipinski definition) is 6. The molecule has 3 aromatic carbocycles. The number of nitrogens with zero attached hydrogens (tertiary/aromatic N) is 1. The molecule has 0 unspecified atom stereocenters. The van der Waals surface area contributed by atoms with Crippen molar-refractivity contribution in [1.82, 2.24) is 4.31 Å². The summed E-state index contributed by atoms with van der Waals surface area (Å²) in [7, 11) is -3.98. The van der Waals surface area contributed by atoms with Crippen LogP contribution in [0.5, 0.6) is 5.75 Å². The number of carbonyl (C=O) groups is 2. The Hall–Kier alpha value is -3.11. The largest absolute Gasteiger partial charge is 0.423 e. The van der Waals surface area contributed by atoms with Gasteiger partial charge in [-0.05, 0) is 80.6 Å². The molecule has 3 aromatic rings. The van der Waals surface area contributed by atoms with Gasteiger partial charge in [-0.25, -0.2) is 17.6 Å². The fourth-order valence-electron chi connectivity index (χ4n) is 3.90. The maximum absolute atomic E-state index is 13.3. The molecule has 0 saturated carbocycles. The van der Waals surface area contributed by atoms with E-state index >= 15 is 0 Å². The SMILES string of the molecule is C[C@@H]1CN(S(=O)(=O)c2cc(C(=O)Oc3ccc(C(=O)c4ccc(F)cc4)cc3)ccc2Cl)C[C@H](C)O1. The first-order valence-electron chi connectivity index (χ1n) is 11.1. The molecule has 1 aliphatic heterocycles. The van der Waals surface area contributed by atoms with E-state index in [1.165, 1.54) is 71.0 Å². The molecular weight excluding hydrogens is 509 g/mol. The van der Waals surface area contributed by atoms with Crippen molar-refractivity contribution < 1.29 is 31.9 Å². The van der Waals surface area contributed by atoms with Crippen LogP contribution in [0.25, 0.3) is 0 Å². The Morgan fingerprint density at radius 2 is 1.44 bits per heavy atom. The van der Waals surface area contributed by atoms with E-state index in [0.29, 0.717) is 11.1 Å². The summed E-state index contributed by atoms with van der Waals surface area (Å²) in [5, 5.41) is -0.0120. The minimum atomic E-state index is -3.98. The summed E-state index contributed by atoms with van der Waals surface area (Å²) in [6, 6.07) is 14.9. The summed E-state index contributed by atoms with van der Waals surface area (Å²) in [6.07, 6.45) is -0.568. The van der Waals surface area contributed by atoms with Gasteiger partial charge in [-0.2, -0.15) is 4.31 Å². The number of hydrogen-bond donors (Lipinski definition) is 0. The minimum Gasteiger partial charge on any atom is -0.423 e. The van der Waals surface area contributed by atoms with Gasteiger partial charge in [0.25, 0.3) is 0 Å². The smallest absolute Gasteiger partial charge is 0.343 e. The first-order valence-corrected chi connectivity index (χ1v) is 12.9. The van der Waals surface area contributed by atoms with Crippen LogP contribution in [0.1, 0.15) is 40.1 Å². The Bertz CT molecular complexity index is 1380. The van der Waals surface area contributed by atoms with Gasteiger partial charge in [0.15, 0.2) is 5.78 Å². The average Bonchev–Trinajstić information content (AvgIpc) is 2.84. The monoisotopic (exact) mass is 531 g/mol. The Labute approximate surface area is 213 Å². The molecule has 1 saturated heterocycles. The normalized spacial score (nSPS) is 18.6. The molecule has 0 aromatic heterocycles. The van der Waals surface area contributed by atoms with Crippen molar-refractivity contribution >= 4 is 33.4 Å². The molecule has 36 heavy (non-hydrogen) atoms. The second kappa shape index (κ2) is 10.5. The first-order chi connectivity index (χ1) is 17.0. The van der Waals surface area contributed by atoms with Crippen molar-refractivity contribution in [2.24, 2.45) is 0 Å². The highest BCUT2D eigenvalue weighted by Gasteiger charge is 2.34. The second-order valence-corrected chi connectivity index (χ2v) is 10.8. The lowest BCUT2D eigenvalue weighted by atomic mass is 10.0. The molecule has 7 nitrogen and oxygen atoms in total. The van der Waals surface area contributed by atoms with Crippen LogP contribution in [0.3, 0.4) is 0 Å². The highest BCUT2D eigenvalue weighted by Crippen LogP contribution is 2.28. The van der Waals surface area contributed by atoms with Crippen molar-refractivity contribution in [3.05, 3.63) is 94.3 Å². The van der Waals surface area contributed by atoms with Crippen molar-refractivity contribution in [3.63, 3.8) is 0 Å². The topological polar surface area (TPSA) is 90.0 Å². The number of esters is 1. The van der Waals surface area contributed by atoms with E-state index < -0.39 is 21.8 Å². The number of ketones is 1. The molecule has 0 spiro atoms. The van der Waals surface area contributed by atoms with Gasteiger partial charge in [0, 0.05) is 24.2 Å². The molecule has 188 valence electrons. The fourth-order valence-corrected chi connectivity index (χ4v) is 5.99. The van der Waals surface area contributed by atoms with Crippen LogP contribution in [0, 0.1) is 5.82 Å². The molecule has 4 rings (SSSR count). The van der Waals surface area contributed by atoms with Crippen molar-refractivity contribution in [2.75, 3.05) is 13.1 Å². The summed E-state index contributed by atoms with van der Waals surface area (Å²) < 4.78 is 51.9. The van der Waals surface area contributed by atoms with E-state index in [2.05, 4.69) is 0 Å². The van der Waals surface area contributed by atoms with Gasteiger partial charge in [0.1, 0.15) is 16.5 Å². The van der Waals surface area contributed by atoms with Crippen LogP contribution in [0.2, 0.25) is 5.02 Å². The van der Waals surface area contributed by atoms with Crippen molar-refractivity contribution in [3.8, 4) is 5.75 Å². The van der Waals surface area contributed by atoms with E-state index in [1.54, 1.807) is 13.8 Å². The average molecular weight is 532 g/mol. The lowest BCUT2D eigenvalue weighted by molar-refractivity contribution is -0.0440. The number of rotatable bonds is 6. The quantitative estimate of drug-likeness (QED) is 0.259. The van der Waals surface area contributed by atoms with Crippen molar-refractivity contribution in [1.29, 1.82) is 0 Å². The minimum absolute atomic E-state index is 0.00111. The molecule has 0 radical (unpaired) electrons. The molecule has 0 N–H and O–H groups in total. The highest BCUT2D eigenvalue weighted by atomic mass is 35.5. The Morgan fingerprint density at radius 3 is 2.03 bits per heavy atom. The summed E-state index contributed by atoms with van der Waals surface area (Å²) in [5.41, 5.74) is 0.647. The number of benzene rings is 3. The first kappa shape index (κ1) is 26.0. The molecule has 10 heteroatoms. The molecule has 1 fully saturated rings. The predicted octanol–water partition coefficient (Wildman–Crippen LogP) is 4.73. The van der Waals surface area contributed by atoms with Gasteiger partial charge in [0.05, 0.1) is 22.8 Å². The number of morpholine rings is 1. The molecular formula is C26H23ClFNO6S. The van der Waals surface area contributed by atoms with Crippen LogP contribution in [0.15, 0.2) is 71.6 Å². The maximum atomic E-state index is 13.3. The number of sulfonamides is 1. The Morgan fingerprint density at radius 1 is 0.917 bits per heavy atom. The summed E-state index contributed by atoms with van der Waals surface area (Å²) >= 11 is 6.20. The third-order valence-electron chi connectivity index (χ3n) is 5.60. The third kappa shape index (κ3) is 5.65. The van der Waals surface area contributed by atoms with E-state index in [0.717, 1.165) is 0 Å². The maximum Gasteiger partial charge on any atom is 0.343 e. The van der Waals surface area contributed by atoms with E-state index in [-0.39, 0.29) is 52.3 Å². The third-order valence-corrected chi connectivity index (χ3v) is 7.92. The van der Waals surface area contributed by atoms with Gasteiger partial charge in [-0.1, -0.05) is 11.6 Å². The second-order valence-electron chi connectivity index (χ2n) is 8.47. The molecule has 2 atom stereocenters. The standard InChI is InChI=1S/C26H23ClFNO6S/c1-16-14-29(15-17(2)34-16)36(32,33)24-13-20(7-12-23(24)27)26(31)35-22-10-5-19(6-11-22)25(30)18-3-8-21(28)9-4-18/h3-13,16-17H,14-15H2,1-2H3/t16-,17+. The van der Waals surface area contributed by atoms with E-state index in [9.17, 15) is 22.4 Å². The molecule has 1 aliphatic rings. The summed E-state index contributed by atoms with van der Waals surface area (Å²) in [6.45, 7) is 3.90. The zero-order valence-corrected chi connectivity index (χ0v) is 21.1. The number of halogens is 2. The highest BCUT2D eigenvalue weighted by molar-refractivity contribution is 7.89. The van der Waals surface area contributed by atoms with Crippen LogP contribution >= 0.6 is 11.6 Å². The number of ether oxygens (including phenoxy) is 2. The Kier molecular flexibility index (Phi) is 7.56. The summed E-state index contributed by atoms with van der Waals surface area (Å²) in [5.74, 6) is -1.39. The Balaban J connectivity index is 1.51. The molecule has 1 heterocycles. The van der Waals surface area contributed by atoms with Crippen LogP contribution in [-0.4, -0.2) is 49.8 Å². The van der Waals surface area contributed by atoms with Gasteiger partial charge < -0.3 is 9.47 Å². The summed E-state index contributed by atoms with van der Waals surface area (Å²) in [4.78, 5) is 25.1. The lowest BCUT2D eigenvalue weighted by Gasteiger charge is -2.34. The molecule has 0 bridgehead atoms. The van der Waals surface area contributed by atoms with Gasteiger partial charge in [0.2, 0.25) is 10.0 Å². The number of carbonyl (C=O) groups excluding carboxylic acids is 2. The van der Waals surface area contributed by atoms with Gasteiger partial charge in [-0.15, -0.1) is 0 Å². The van der Waals surface area contributed by atoms with Crippen LogP contribution in [-0.2, 0) is 14.8 Å². The van der Waals surface area contributed by atoms with E-state index in [4.69, 9.17) is 21.1 Å². The zero-order chi connectivity index (χ0) is 26.0. The van der Waals surface area contributed by atoms with Crippen LogP contribution < -0.4 is 4.74 Å². The van der Waals surface area contributed by atoms with Crippen molar-refractivity contribution in [2.45, 2.75) is 31.0 Å². The van der Waals surface area contributed by atoms with Gasteiger partial charge >= 0.3 is 5.97 Å². The van der Waals surface area contributed by atoms with Gasteiger partial charge in [-0.3, -0.25) is 4.79 Å². The predicted molar refractivity (Wildman–Crippen MR) is 131 cm³/mol. The lowest BCUT2D eigenvalue weighted by Crippen LogP contribution is -2.48. The molecule has 0 amide bonds. The molecule has 0 aliphatic carbocycles. The van der Waals surface area contributed by atoms with Crippen LogP contribution in [0.4, 0.5) is 4.39 Å². The van der Waals surface area contributed by atoms with E-state index in [1.807, 2.05) is 0 Å². The fraction of sp³-hybridized carbons (Fsp3) is 0.231.